The van der Waals surface area contributed by atoms with Crippen LogP contribution in [0.25, 0.3) is 0 Å². The van der Waals surface area contributed by atoms with E-state index < -0.39 is 0 Å². The van der Waals surface area contributed by atoms with Gasteiger partial charge in [-0.2, -0.15) is 0 Å². The van der Waals surface area contributed by atoms with Crippen molar-refractivity contribution >= 4 is 0 Å². The number of benzene rings is 1. The number of unbranched alkanes of at least 4 members (excludes halogenated alkanes) is 3. The molecule has 1 rings (SSSR count). The second-order valence-electron chi connectivity index (χ2n) is 4.95. The Kier molecular flexibility index (Phi) is 6.58. The molecule has 0 aliphatic rings. The van der Waals surface area contributed by atoms with E-state index in [9.17, 15) is 10.2 Å². The second-order valence-corrected chi connectivity index (χ2v) is 4.95. The van der Waals surface area contributed by atoms with E-state index in [0.717, 1.165) is 12.1 Å². The third-order valence-electron chi connectivity index (χ3n) is 3.19. The minimum Gasteiger partial charge on any atom is -0.504 e. The normalized spacial score (nSPS) is 12.6. The lowest BCUT2D eigenvalue weighted by atomic mass is 10.1. The van der Waals surface area contributed by atoms with Gasteiger partial charge < -0.3 is 15.5 Å². The molecular weight excluding hydrogens is 226 g/mol. The highest BCUT2D eigenvalue weighted by Crippen LogP contribution is 2.24. The van der Waals surface area contributed by atoms with Gasteiger partial charge in [-0.1, -0.05) is 38.7 Å². The molecule has 0 aliphatic carbocycles. The summed E-state index contributed by atoms with van der Waals surface area (Å²) in [7, 11) is 0. The Labute approximate surface area is 110 Å². The molecule has 102 valence electrons. The average Bonchev–Trinajstić information content (AvgIpc) is 2.36. The van der Waals surface area contributed by atoms with Crippen LogP contribution in [0.2, 0.25) is 0 Å². The maximum atomic E-state index is 9.39. The minimum atomic E-state index is -0.0636. The van der Waals surface area contributed by atoms with E-state index in [1.54, 1.807) is 6.07 Å². The highest BCUT2D eigenvalue weighted by molar-refractivity contribution is 5.40. The Bertz CT molecular complexity index is 352. The summed E-state index contributed by atoms with van der Waals surface area (Å²) in [4.78, 5) is 0. The Balaban J connectivity index is 2.24. The van der Waals surface area contributed by atoms with Gasteiger partial charge in [0, 0.05) is 12.6 Å². The van der Waals surface area contributed by atoms with E-state index in [-0.39, 0.29) is 11.5 Å². The van der Waals surface area contributed by atoms with E-state index in [1.165, 1.54) is 38.2 Å². The summed E-state index contributed by atoms with van der Waals surface area (Å²) in [5.74, 6) is -0.115. The predicted octanol–water partition coefficient (Wildman–Crippen LogP) is 3.55. The van der Waals surface area contributed by atoms with E-state index in [1.807, 2.05) is 6.07 Å². The van der Waals surface area contributed by atoms with Gasteiger partial charge in [-0.15, -0.1) is 0 Å². The smallest absolute Gasteiger partial charge is 0.157 e. The fourth-order valence-corrected chi connectivity index (χ4v) is 1.95. The molecule has 3 N–H and O–H groups in total. The lowest BCUT2D eigenvalue weighted by molar-refractivity contribution is 0.402. The number of nitrogens with one attached hydrogen (secondary N) is 1. The lowest BCUT2D eigenvalue weighted by Crippen LogP contribution is -2.25. The number of phenolic OH excluding ortho intramolecular Hbond substituents is 2. The Hall–Kier alpha value is -1.22. The van der Waals surface area contributed by atoms with Gasteiger partial charge in [-0.05, 0) is 31.0 Å². The highest BCUT2D eigenvalue weighted by atomic mass is 16.3. The van der Waals surface area contributed by atoms with Crippen molar-refractivity contribution in [2.45, 2.75) is 58.5 Å². The van der Waals surface area contributed by atoms with Crippen molar-refractivity contribution < 1.29 is 10.2 Å². The Morgan fingerprint density at radius 3 is 2.56 bits per heavy atom. The van der Waals surface area contributed by atoms with Crippen LogP contribution in [-0.4, -0.2) is 16.3 Å². The molecular formula is C15H25NO2. The van der Waals surface area contributed by atoms with E-state index >= 15 is 0 Å². The zero-order valence-corrected chi connectivity index (χ0v) is 11.4. The fourth-order valence-electron chi connectivity index (χ4n) is 1.95. The van der Waals surface area contributed by atoms with Gasteiger partial charge in [0.2, 0.25) is 0 Å². The van der Waals surface area contributed by atoms with Crippen LogP contribution >= 0.6 is 0 Å². The third kappa shape index (κ3) is 5.41. The minimum absolute atomic E-state index is 0.0510. The van der Waals surface area contributed by atoms with Crippen LogP contribution in [0.5, 0.6) is 11.5 Å². The quantitative estimate of drug-likeness (QED) is 0.489. The Morgan fingerprint density at radius 2 is 1.89 bits per heavy atom. The highest BCUT2D eigenvalue weighted by Gasteiger charge is 2.03. The first kappa shape index (κ1) is 14.8. The number of aromatic hydroxyl groups is 2. The summed E-state index contributed by atoms with van der Waals surface area (Å²) in [5.41, 5.74) is 0.991. The second kappa shape index (κ2) is 7.98. The van der Waals surface area contributed by atoms with Gasteiger partial charge >= 0.3 is 0 Å². The summed E-state index contributed by atoms with van der Waals surface area (Å²) in [6, 6.07) is 5.44. The summed E-state index contributed by atoms with van der Waals surface area (Å²) in [6.45, 7) is 5.13. The van der Waals surface area contributed by atoms with Crippen LogP contribution in [0.4, 0.5) is 0 Å². The van der Waals surface area contributed by atoms with Crippen LogP contribution in [0, 0.1) is 0 Å². The van der Waals surface area contributed by atoms with Crippen LogP contribution in [0.1, 0.15) is 51.5 Å². The summed E-state index contributed by atoms with van der Waals surface area (Å²) < 4.78 is 0. The van der Waals surface area contributed by atoms with Gasteiger partial charge in [-0.25, -0.2) is 0 Å². The summed E-state index contributed by atoms with van der Waals surface area (Å²) >= 11 is 0. The van der Waals surface area contributed by atoms with Crippen molar-refractivity contribution in [2.75, 3.05) is 0 Å². The van der Waals surface area contributed by atoms with Crippen molar-refractivity contribution in [1.29, 1.82) is 0 Å². The third-order valence-corrected chi connectivity index (χ3v) is 3.19. The maximum absolute atomic E-state index is 9.39. The Morgan fingerprint density at radius 1 is 1.11 bits per heavy atom. The zero-order valence-electron chi connectivity index (χ0n) is 11.4. The van der Waals surface area contributed by atoms with Gasteiger partial charge in [0.15, 0.2) is 11.5 Å². The van der Waals surface area contributed by atoms with Crippen molar-refractivity contribution in [2.24, 2.45) is 0 Å². The topological polar surface area (TPSA) is 52.5 Å². The molecule has 0 heterocycles. The first-order chi connectivity index (χ1) is 8.63. The molecule has 0 aliphatic heterocycles. The molecule has 1 aromatic carbocycles. The molecule has 0 spiro atoms. The number of hydrogen-bond acceptors (Lipinski definition) is 3. The zero-order chi connectivity index (χ0) is 13.4. The van der Waals surface area contributed by atoms with Gasteiger partial charge in [-0.3, -0.25) is 0 Å². The molecule has 18 heavy (non-hydrogen) atoms. The van der Waals surface area contributed by atoms with Gasteiger partial charge in [0.05, 0.1) is 0 Å². The van der Waals surface area contributed by atoms with E-state index in [2.05, 4.69) is 19.2 Å². The molecule has 1 unspecified atom stereocenters. The standard InChI is InChI=1S/C15H25NO2/c1-3-4-5-6-7-12(2)16-11-13-8-9-14(17)15(18)10-13/h8-10,12,16-18H,3-7,11H2,1-2H3. The molecule has 0 radical (unpaired) electrons. The molecule has 1 aromatic rings. The van der Waals surface area contributed by atoms with E-state index in [0.29, 0.717) is 6.04 Å². The maximum Gasteiger partial charge on any atom is 0.157 e. The monoisotopic (exact) mass is 251 g/mol. The SMILES string of the molecule is CCCCCCC(C)NCc1ccc(O)c(O)c1. The predicted molar refractivity (Wildman–Crippen MR) is 74.8 cm³/mol. The molecule has 3 heteroatoms. The fraction of sp³-hybridized carbons (Fsp3) is 0.600. The molecule has 0 aromatic heterocycles. The number of rotatable bonds is 8. The van der Waals surface area contributed by atoms with Gasteiger partial charge in [0.1, 0.15) is 0 Å². The van der Waals surface area contributed by atoms with Crippen LogP contribution in [-0.2, 0) is 6.54 Å². The van der Waals surface area contributed by atoms with Crippen LogP contribution in [0.3, 0.4) is 0 Å². The number of phenols is 2. The van der Waals surface area contributed by atoms with Gasteiger partial charge in [0.25, 0.3) is 0 Å². The molecule has 3 nitrogen and oxygen atoms in total. The molecule has 0 bridgehead atoms. The van der Waals surface area contributed by atoms with Crippen LogP contribution in [0.15, 0.2) is 18.2 Å². The summed E-state index contributed by atoms with van der Waals surface area (Å²) in [6.07, 6.45) is 6.35. The van der Waals surface area contributed by atoms with E-state index in [4.69, 9.17) is 0 Å². The van der Waals surface area contributed by atoms with Crippen molar-refractivity contribution in [3.8, 4) is 11.5 Å². The number of hydrogen-bond donors (Lipinski definition) is 3. The molecule has 0 saturated heterocycles. The van der Waals surface area contributed by atoms with Crippen LogP contribution < -0.4 is 5.32 Å². The molecule has 0 amide bonds. The summed E-state index contributed by atoms with van der Waals surface area (Å²) in [5, 5.41) is 22.0. The van der Waals surface area contributed by atoms with Crippen molar-refractivity contribution in [1.82, 2.24) is 5.32 Å². The molecule has 0 fully saturated rings. The van der Waals surface area contributed by atoms with Crippen molar-refractivity contribution in [3.63, 3.8) is 0 Å². The first-order valence-electron chi connectivity index (χ1n) is 6.87. The van der Waals surface area contributed by atoms with Crippen molar-refractivity contribution in [3.05, 3.63) is 23.8 Å². The molecule has 1 atom stereocenters. The molecule has 0 saturated carbocycles. The average molecular weight is 251 g/mol. The first-order valence-corrected chi connectivity index (χ1v) is 6.87. The largest absolute Gasteiger partial charge is 0.504 e. The lowest BCUT2D eigenvalue weighted by Gasteiger charge is -2.14.